The van der Waals surface area contributed by atoms with Gasteiger partial charge in [-0.15, -0.1) is 0 Å². The number of aromatic hydroxyl groups is 1. The molecule has 180 valence electrons. The third kappa shape index (κ3) is 3.52. The number of phenolic OH excluding ortho intramolecular Hbond substituents is 1. The van der Waals surface area contributed by atoms with Crippen molar-refractivity contribution in [1.82, 2.24) is 9.97 Å². The predicted molar refractivity (Wildman–Crippen MR) is 148 cm³/mol. The van der Waals surface area contributed by atoms with Crippen LogP contribution in [0.3, 0.4) is 0 Å². The van der Waals surface area contributed by atoms with Crippen LogP contribution in [-0.4, -0.2) is 28.2 Å². The molecule has 1 saturated heterocycles. The molecular weight excluding hydrogens is 456 g/mol. The van der Waals surface area contributed by atoms with Gasteiger partial charge in [-0.1, -0.05) is 30.3 Å². The van der Waals surface area contributed by atoms with Crippen LogP contribution in [0.4, 0.5) is 5.69 Å². The average molecular weight is 483 g/mol. The molecule has 37 heavy (non-hydrogen) atoms. The summed E-state index contributed by atoms with van der Waals surface area (Å²) in [4.78, 5) is 12.2. The van der Waals surface area contributed by atoms with Crippen LogP contribution in [0, 0.1) is 11.3 Å². The Bertz CT molecular complexity index is 1730. The van der Waals surface area contributed by atoms with Gasteiger partial charge in [0.25, 0.3) is 0 Å². The van der Waals surface area contributed by atoms with E-state index in [0.717, 1.165) is 99.8 Å². The summed E-state index contributed by atoms with van der Waals surface area (Å²) < 4.78 is 0. The first-order chi connectivity index (χ1) is 18.2. The number of hydrogen-bond acceptors (Lipinski definition) is 5. The molecule has 0 saturated carbocycles. The Morgan fingerprint density at radius 3 is 2.46 bits per heavy atom. The monoisotopic (exact) mass is 482 g/mol. The van der Waals surface area contributed by atoms with E-state index in [1.165, 1.54) is 12.0 Å². The van der Waals surface area contributed by atoms with Gasteiger partial charge in [-0.3, -0.25) is 4.98 Å². The molecule has 3 aromatic carbocycles. The quantitative estimate of drug-likeness (QED) is 0.281. The van der Waals surface area contributed by atoms with Crippen molar-refractivity contribution in [2.45, 2.75) is 32.1 Å². The molecule has 0 unspecified atom stereocenters. The summed E-state index contributed by atoms with van der Waals surface area (Å²) in [6, 6.07) is 22.7. The third-order valence-electron chi connectivity index (χ3n) is 7.92. The molecule has 5 heteroatoms. The molecule has 0 amide bonds. The lowest BCUT2D eigenvalue weighted by Crippen LogP contribution is -2.30. The van der Waals surface area contributed by atoms with Gasteiger partial charge in [0.15, 0.2) is 0 Å². The van der Waals surface area contributed by atoms with E-state index in [2.05, 4.69) is 46.3 Å². The summed E-state index contributed by atoms with van der Waals surface area (Å²) in [6.45, 7) is 1.92. The Balaban J connectivity index is 1.53. The summed E-state index contributed by atoms with van der Waals surface area (Å²) in [5, 5.41) is 22.6. The van der Waals surface area contributed by atoms with E-state index in [1.807, 2.05) is 24.4 Å². The fraction of sp³-hybridized carbons (Fsp3) is 0.219. The Morgan fingerprint density at radius 1 is 0.838 bits per heavy atom. The first-order valence-electron chi connectivity index (χ1n) is 13.0. The second-order valence-electron chi connectivity index (χ2n) is 10.1. The number of benzene rings is 3. The van der Waals surface area contributed by atoms with Crippen molar-refractivity contribution >= 4 is 27.5 Å². The van der Waals surface area contributed by atoms with Crippen molar-refractivity contribution in [1.29, 1.82) is 5.26 Å². The lowest BCUT2D eigenvalue weighted by molar-refractivity contribution is 0.475. The lowest BCUT2D eigenvalue weighted by Gasteiger charge is -2.33. The molecule has 1 aliphatic carbocycles. The van der Waals surface area contributed by atoms with Crippen molar-refractivity contribution in [2.24, 2.45) is 0 Å². The Hall–Kier alpha value is -4.43. The van der Waals surface area contributed by atoms with E-state index < -0.39 is 0 Å². The number of piperidine rings is 1. The molecule has 7 rings (SSSR count). The first kappa shape index (κ1) is 21.8. The number of rotatable bonds is 2. The third-order valence-corrected chi connectivity index (χ3v) is 7.92. The van der Waals surface area contributed by atoms with Crippen LogP contribution in [0.15, 0.2) is 66.9 Å². The number of nitrogens with zero attached hydrogens (tertiary/aromatic N) is 4. The van der Waals surface area contributed by atoms with Crippen LogP contribution in [0.1, 0.15) is 36.1 Å². The van der Waals surface area contributed by atoms with Crippen LogP contribution in [0.2, 0.25) is 0 Å². The van der Waals surface area contributed by atoms with E-state index in [4.69, 9.17) is 4.98 Å². The average Bonchev–Trinajstić information content (AvgIpc) is 2.96. The lowest BCUT2D eigenvalue weighted by atomic mass is 9.80. The summed E-state index contributed by atoms with van der Waals surface area (Å²) in [6.07, 6.45) is 6.94. The molecule has 0 radical (unpaired) electrons. The maximum atomic E-state index is 10.5. The molecule has 0 bridgehead atoms. The van der Waals surface area contributed by atoms with E-state index in [9.17, 15) is 10.4 Å². The minimum Gasteiger partial charge on any atom is -0.508 e. The summed E-state index contributed by atoms with van der Waals surface area (Å²) in [7, 11) is 0. The highest BCUT2D eigenvalue weighted by Crippen LogP contribution is 2.46. The predicted octanol–water partition coefficient (Wildman–Crippen LogP) is 6.78. The topological polar surface area (TPSA) is 73.0 Å². The Morgan fingerprint density at radius 2 is 1.65 bits per heavy atom. The Labute approximate surface area is 215 Å². The van der Waals surface area contributed by atoms with E-state index in [1.54, 1.807) is 12.1 Å². The SMILES string of the molecule is N#Cc1c(N2CCCCC2)cc(-c2ccc(O)cc2)c2c1-c1cc3ccc4cccnc4c3nc1CC2. The summed E-state index contributed by atoms with van der Waals surface area (Å²) in [5.74, 6) is 0.254. The van der Waals surface area contributed by atoms with E-state index in [-0.39, 0.29) is 5.75 Å². The van der Waals surface area contributed by atoms with Crippen molar-refractivity contribution in [2.75, 3.05) is 18.0 Å². The van der Waals surface area contributed by atoms with Gasteiger partial charge in [-0.05, 0) is 79.1 Å². The smallest absolute Gasteiger partial charge is 0.115 e. The van der Waals surface area contributed by atoms with Crippen molar-refractivity contribution in [3.8, 4) is 34.1 Å². The second-order valence-corrected chi connectivity index (χ2v) is 10.1. The Kier molecular flexibility index (Phi) is 5.07. The number of pyridine rings is 2. The molecule has 1 N–H and O–H groups in total. The van der Waals surface area contributed by atoms with Gasteiger partial charge in [-0.25, -0.2) is 4.98 Å². The number of aryl methyl sites for hydroxylation is 1. The highest BCUT2D eigenvalue weighted by atomic mass is 16.3. The molecule has 0 spiro atoms. The molecule has 3 heterocycles. The van der Waals surface area contributed by atoms with Crippen LogP contribution in [0.5, 0.6) is 5.75 Å². The zero-order valence-corrected chi connectivity index (χ0v) is 20.5. The molecule has 0 atom stereocenters. The molecule has 1 fully saturated rings. The fourth-order valence-corrected chi connectivity index (χ4v) is 6.13. The van der Waals surface area contributed by atoms with Gasteiger partial charge < -0.3 is 10.0 Å². The van der Waals surface area contributed by atoms with Crippen LogP contribution < -0.4 is 4.90 Å². The van der Waals surface area contributed by atoms with E-state index in [0.29, 0.717) is 0 Å². The first-order valence-corrected chi connectivity index (χ1v) is 13.0. The standard InChI is InChI=1S/C32H26N4O/c33-19-27-29(36-15-2-1-3-16-36)18-25(20-8-10-23(37)11-9-20)24-12-13-28-26(30(24)27)17-22-7-6-21-5-4-14-34-31(21)32(22)35-28/h4-11,14,17-18,37H,1-3,12-13,15-16H2. The zero-order valence-electron chi connectivity index (χ0n) is 20.5. The zero-order chi connectivity index (χ0) is 24.9. The normalized spacial score (nSPS) is 14.8. The molecule has 5 nitrogen and oxygen atoms in total. The highest BCUT2D eigenvalue weighted by Gasteiger charge is 2.29. The van der Waals surface area contributed by atoms with Gasteiger partial charge in [0.2, 0.25) is 0 Å². The van der Waals surface area contributed by atoms with Gasteiger partial charge in [0, 0.05) is 46.9 Å². The van der Waals surface area contributed by atoms with Gasteiger partial charge >= 0.3 is 0 Å². The maximum absolute atomic E-state index is 10.5. The maximum Gasteiger partial charge on any atom is 0.115 e. The number of aromatic nitrogens is 2. The number of fused-ring (bicyclic) bond motifs is 6. The molecular formula is C32H26N4O. The van der Waals surface area contributed by atoms with Crippen molar-refractivity contribution in [3.05, 3.63) is 83.7 Å². The van der Waals surface area contributed by atoms with Crippen LogP contribution in [-0.2, 0) is 12.8 Å². The molecule has 2 aliphatic rings. The van der Waals surface area contributed by atoms with Crippen LogP contribution >= 0.6 is 0 Å². The summed E-state index contributed by atoms with van der Waals surface area (Å²) in [5.41, 5.74) is 10.1. The fourth-order valence-electron chi connectivity index (χ4n) is 6.13. The number of hydrogen-bond donors (Lipinski definition) is 1. The van der Waals surface area contributed by atoms with Crippen LogP contribution in [0.25, 0.3) is 44.1 Å². The number of nitriles is 1. The van der Waals surface area contributed by atoms with Crippen molar-refractivity contribution < 1.29 is 5.11 Å². The van der Waals surface area contributed by atoms with Gasteiger partial charge in [0.1, 0.15) is 11.8 Å². The summed E-state index contributed by atoms with van der Waals surface area (Å²) >= 11 is 0. The molecule has 2 aromatic heterocycles. The van der Waals surface area contributed by atoms with E-state index >= 15 is 0 Å². The van der Waals surface area contributed by atoms with Crippen molar-refractivity contribution in [3.63, 3.8) is 0 Å². The molecule has 5 aromatic rings. The van der Waals surface area contributed by atoms with Gasteiger partial charge in [-0.2, -0.15) is 5.26 Å². The second kappa shape index (κ2) is 8.60. The number of phenols is 1. The number of anilines is 1. The molecule has 1 aliphatic heterocycles. The highest BCUT2D eigenvalue weighted by molar-refractivity contribution is 6.05. The minimum absolute atomic E-state index is 0.254. The minimum atomic E-state index is 0.254. The van der Waals surface area contributed by atoms with Gasteiger partial charge in [0.05, 0.1) is 22.3 Å². The largest absolute Gasteiger partial charge is 0.508 e.